The Morgan fingerprint density at radius 2 is 1.44 bits per heavy atom. The van der Waals surface area contributed by atoms with E-state index in [0.29, 0.717) is 0 Å². The van der Waals surface area contributed by atoms with Gasteiger partial charge in [0.2, 0.25) is 17.7 Å². The fourth-order valence-corrected chi connectivity index (χ4v) is 8.11. The number of amides is 3. The van der Waals surface area contributed by atoms with Gasteiger partial charge in [-0.25, -0.2) is 0 Å². The van der Waals surface area contributed by atoms with Crippen LogP contribution in [0.2, 0.25) is 0 Å². The third-order valence-corrected chi connectivity index (χ3v) is 8.69. The Hall–Kier alpha value is -1.65. The van der Waals surface area contributed by atoms with Crippen molar-refractivity contribution in [1.29, 1.82) is 0 Å². The molecule has 7 rings (SSSR count). The van der Waals surface area contributed by atoms with E-state index < -0.39 is 0 Å². The van der Waals surface area contributed by atoms with Gasteiger partial charge in [0, 0.05) is 6.54 Å². The number of hydrogen-bond donors (Lipinski definition) is 1. The Bertz CT molecular complexity index is 691. The molecule has 0 spiro atoms. The highest BCUT2D eigenvalue weighted by Gasteiger charge is 2.59. The molecule has 1 aliphatic heterocycles. The van der Waals surface area contributed by atoms with Crippen LogP contribution in [0.4, 0.5) is 0 Å². The van der Waals surface area contributed by atoms with E-state index in [0.717, 1.165) is 30.7 Å². The van der Waals surface area contributed by atoms with Gasteiger partial charge in [-0.1, -0.05) is 12.2 Å². The van der Waals surface area contributed by atoms with Crippen molar-refractivity contribution in [1.82, 2.24) is 10.2 Å². The van der Waals surface area contributed by atoms with Crippen molar-refractivity contribution in [2.24, 2.45) is 46.8 Å². The number of likely N-dealkylation sites (tertiary alicyclic amines) is 1. The van der Waals surface area contributed by atoms with Crippen LogP contribution in [0.15, 0.2) is 12.2 Å². The molecule has 5 heteroatoms. The lowest BCUT2D eigenvalue weighted by atomic mass is 9.49. The second kappa shape index (κ2) is 5.45. The maximum absolute atomic E-state index is 12.7. The van der Waals surface area contributed by atoms with Crippen molar-refractivity contribution < 1.29 is 14.4 Å². The molecule has 5 saturated carbocycles. The number of fused-ring (bicyclic) bond motifs is 5. The summed E-state index contributed by atoms with van der Waals surface area (Å²) in [6, 6.07) is 0. The number of hydrogen-bond acceptors (Lipinski definition) is 3. The van der Waals surface area contributed by atoms with Gasteiger partial charge in [0.15, 0.2) is 0 Å². The molecule has 6 bridgehead atoms. The predicted octanol–water partition coefficient (Wildman–Crippen LogP) is 2.13. The van der Waals surface area contributed by atoms with Gasteiger partial charge in [0.1, 0.15) is 6.54 Å². The number of nitrogens with one attached hydrogen (secondary N) is 1. The van der Waals surface area contributed by atoms with Crippen LogP contribution in [0.25, 0.3) is 0 Å². The van der Waals surface area contributed by atoms with Crippen molar-refractivity contribution in [2.75, 3.05) is 13.1 Å². The van der Waals surface area contributed by atoms with Crippen molar-refractivity contribution >= 4 is 17.7 Å². The Labute approximate surface area is 159 Å². The van der Waals surface area contributed by atoms with Gasteiger partial charge in [-0.3, -0.25) is 19.3 Å². The van der Waals surface area contributed by atoms with E-state index in [2.05, 4.69) is 17.5 Å². The average molecular weight is 368 g/mol. The van der Waals surface area contributed by atoms with Crippen LogP contribution < -0.4 is 5.32 Å². The number of carbonyl (C=O) groups excluding carboxylic acids is 3. The molecule has 0 unspecified atom stereocenters. The van der Waals surface area contributed by atoms with E-state index >= 15 is 0 Å². The zero-order valence-corrected chi connectivity index (χ0v) is 15.7. The van der Waals surface area contributed by atoms with Crippen molar-refractivity contribution in [3.8, 4) is 0 Å². The first kappa shape index (κ1) is 16.3. The first-order valence-corrected chi connectivity index (χ1v) is 10.8. The molecule has 0 aromatic carbocycles. The SMILES string of the molecule is O=C(CN1C(=O)[C@@H]2[C@H](C1=O)[C@H]1C=C[C@H]2C1)NCC12CC3CC(CC(C3)C1)C2. The number of carbonyl (C=O) groups is 3. The van der Waals surface area contributed by atoms with E-state index in [9.17, 15) is 14.4 Å². The van der Waals surface area contributed by atoms with Crippen LogP contribution in [-0.2, 0) is 14.4 Å². The fraction of sp³-hybridized carbons (Fsp3) is 0.773. The van der Waals surface area contributed by atoms with Gasteiger partial charge >= 0.3 is 0 Å². The van der Waals surface area contributed by atoms with Gasteiger partial charge < -0.3 is 5.32 Å². The molecule has 6 fully saturated rings. The normalized spacial score (nSPS) is 48.6. The van der Waals surface area contributed by atoms with Gasteiger partial charge in [-0.05, 0) is 80.0 Å². The second-order valence-electron chi connectivity index (χ2n) is 10.5. The number of nitrogens with zero attached hydrogens (tertiary/aromatic N) is 1. The second-order valence-corrected chi connectivity index (χ2v) is 10.5. The summed E-state index contributed by atoms with van der Waals surface area (Å²) in [5, 5.41) is 3.11. The molecule has 1 N–H and O–H groups in total. The molecule has 0 aromatic heterocycles. The summed E-state index contributed by atoms with van der Waals surface area (Å²) in [5.74, 6) is 2.18. The molecule has 0 radical (unpaired) electrons. The Morgan fingerprint density at radius 1 is 0.926 bits per heavy atom. The minimum absolute atomic E-state index is 0.0868. The van der Waals surface area contributed by atoms with Gasteiger partial charge in [0.25, 0.3) is 0 Å². The summed E-state index contributed by atoms with van der Waals surface area (Å²) < 4.78 is 0. The molecular formula is C22H28N2O3. The summed E-state index contributed by atoms with van der Waals surface area (Å²) in [5.41, 5.74) is 0.281. The van der Waals surface area contributed by atoms with E-state index in [1.807, 2.05) is 0 Å². The highest BCUT2D eigenvalue weighted by Crippen LogP contribution is 2.59. The number of allylic oxidation sites excluding steroid dienone is 2. The minimum Gasteiger partial charge on any atom is -0.354 e. The third-order valence-electron chi connectivity index (χ3n) is 8.69. The highest BCUT2D eigenvalue weighted by molar-refractivity contribution is 6.08. The maximum atomic E-state index is 12.7. The van der Waals surface area contributed by atoms with Crippen molar-refractivity contribution in [3.63, 3.8) is 0 Å². The minimum atomic E-state index is -0.205. The molecule has 0 aromatic rings. The van der Waals surface area contributed by atoms with Crippen LogP contribution in [0, 0.1) is 46.8 Å². The monoisotopic (exact) mass is 368 g/mol. The topological polar surface area (TPSA) is 66.5 Å². The van der Waals surface area contributed by atoms with E-state index in [1.165, 1.54) is 43.4 Å². The van der Waals surface area contributed by atoms with E-state index in [1.54, 1.807) is 0 Å². The first-order chi connectivity index (χ1) is 13.0. The molecule has 1 heterocycles. The lowest BCUT2D eigenvalue weighted by Gasteiger charge is -2.56. The van der Waals surface area contributed by atoms with Crippen LogP contribution in [-0.4, -0.2) is 35.7 Å². The van der Waals surface area contributed by atoms with Gasteiger partial charge in [-0.2, -0.15) is 0 Å². The molecule has 1 saturated heterocycles. The Kier molecular flexibility index (Phi) is 3.29. The quantitative estimate of drug-likeness (QED) is 0.611. The standard InChI is InChI=1S/C22H28N2O3/c25-17(23-11-22-7-12-3-13(8-22)5-14(4-12)9-22)10-24-20(26)18-15-1-2-16(6-15)19(18)21(24)27/h1-2,12-16,18-19H,3-11H2,(H,23,25)/t12?,13?,14?,15-,16-,18-,19+,22?/m0/s1. The zero-order chi connectivity index (χ0) is 18.3. The van der Waals surface area contributed by atoms with Crippen LogP contribution in [0.1, 0.15) is 44.9 Å². The number of rotatable bonds is 4. The van der Waals surface area contributed by atoms with E-state index in [4.69, 9.17) is 0 Å². The zero-order valence-electron chi connectivity index (χ0n) is 15.7. The highest BCUT2D eigenvalue weighted by atomic mass is 16.2. The van der Waals surface area contributed by atoms with Crippen LogP contribution in [0.3, 0.4) is 0 Å². The number of imide groups is 1. The fourth-order valence-electron chi connectivity index (χ4n) is 8.11. The Balaban J connectivity index is 1.10. The van der Waals surface area contributed by atoms with Gasteiger partial charge in [-0.15, -0.1) is 0 Å². The van der Waals surface area contributed by atoms with Crippen molar-refractivity contribution in [3.05, 3.63) is 12.2 Å². The molecule has 5 nitrogen and oxygen atoms in total. The largest absolute Gasteiger partial charge is 0.354 e. The summed E-state index contributed by atoms with van der Waals surface area (Å²) in [7, 11) is 0. The predicted molar refractivity (Wildman–Crippen MR) is 98.1 cm³/mol. The third kappa shape index (κ3) is 2.32. The lowest BCUT2D eigenvalue weighted by molar-refractivity contribution is -0.144. The molecule has 144 valence electrons. The van der Waals surface area contributed by atoms with Crippen LogP contribution in [0.5, 0.6) is 0 Å². The molecule has 27 heavy (non-hydrogen) atoms. The van der Waals surface area contributed by atoms with Gasteiger partial charge in [0.05, 0.1) is 11.8 Å². The summed E-state index contributed by atoms with van der Waals surface area (Å²) >= 11 is 0. The average Bonchev–Trinajstić information content (AvgIpc) is 3.29. The maximum Gasteiger partial charge on any atom is 0.240 e. The van der Waals surface area contributed by atoms with Crippen molar-refractivity contribution in [2.45, 2.75) is 44.9 Å². The van der Waals surface area contributed by atoms with E-state index in [-0.39, 0.29) is 53.4 Å². The summed E-state index contributed by atoms with van der Waals surface area (Å²) in [4.78, 5) is 39.3. The molecule has 3 amide bonds. The first-order valence-electron chi connectivity index (χ1n) is 10.8. The molecule has 4 atom stereocenters. The Morgan fingerprint density at radius 3 is 1.96 bits per heavy atom. The lowest BCUT2D eigenvalue weighted by Crippen LogP contribution is -2.52. The molecule has 7 aliphatic rings. The summed E-state index contributed by atoms with van der Waals surface area (Å²) in [6.45, 7) is 0.641. The summed E-state index contributed by atoms with van der Waals surface area (Å²) in [6.07, 6.45) is 13.0. The molecular weight excluding hydrogens is 340 g/mol. The van der Waals surface area contributed by atoms with Crippen LogP contribution >= 0.6 is 0 Å². The smallest absolute Gasteiger partial charge is 0.240 e. The molecule has 6 aliphatic carbocycles.